The fourth-order valence-corrected chi connectivity index (χ4v) is 2.76. The second-order valence-corrected chi connectivity index (χ2v) is 6.89. The van der Waals surface area contributed by atoms with Gasteiger partial charge in [-0.3, -0.25) is 9.69 Å². The molecule has 0 atom stereocenters. The molecule has 0 unspecified atom stereocenters. The van der Waals surface area contributed by atoms with Gasteiger partial charge >= 0.3 is 0 Å². The van der Waals surface area contributed by atoms with Gasteiger partial charge < -0.3 is 5.32 Å². The van der Waals surface area contributed by atoms with E-state index in [0.29, 0.717) is 0 Å². The first-order chi connectivity index (χ1) is 9.77. The van der Waals surface area contributed by atoms with Crippen LogP contribution in [-0.4, -0.2) is 35.5 Å². The molecule has 1 aromatic rings. The summed E-state index contributed by atoms with van der Waals surface area (Å²) in [6.07, 6.45) is 1.83. The molecule has 1 N–H and O–H groups in total. The van der Waals surface area contributed by atoms with E-state index in [0.717, 1.165) is 31.5 Å². The SMILES string of the molecule is Cc1ccc(C(=O)NC2CCN(C(C)(C)C)CC2)c(F)c1. The molecule has 1 saturated heterocycles. The number of piperidine rings is 1. The number of amides is 1. The molecule has 1 heterocycles. The van der Waals surface area contributed by atoms with Crippen molar-refractivity contribution in [3.63, 3.8) is 0 Å². The van der Waals surface area contributed by atoms with Gasteiger partial charge in [0.1, 0.15) is 5.82 Å². The number of hydrogen-bond donors (Lipinski definition) is 1. The van der Waals surface area contributed by atoms with Crippen LogP contribution in [0.1, 0.15) is 49.5 Å². The Morgan fingerprint density at radius 3 is 2.43 bits per heavy atom. The van der Waals surface area contributed by atoms with E-state index in [4.69, 9.17) is 0 Å². The Bertz CT molecular complexity index is 514. The third-order valence-electron chi connectivity index (χ3n) is 4.15. The summed E-state index contributed by atoms with van der Waals surface area (Å²) in [5, 5.41) is 2.96. The van der Waals surface area contributed by atoms with Crippen molar-refractivity contribution < 1.29 is 9.18 Å². The summed E-state index contributed by atoms with van der Waals surface area (Å²) >= 11 is 0. The van der Waals surface area contributed by atoms with Crippen molar-refractivity contribution in [1.29, 1.82) is 0 Å². The van der Waals surface area contributed by atoms with Gasteiger partial charge in [0, 0.05) is 24.7 Å². The monoisotopic (exact) mass is 292 g/mol. The second kappa shape index (κ2) is 6.14. The van der Waals surface area contributed by atoms with E-state index in [-0.39, 0.29) is 23.1 Å². The van der Waals surface area contributed by atoms with Crippen LogP contribution in [0.25, 0.3) is 0 Å². The fourth-order valence-electron chi connectivity index (χ4n) is 2.76. The molecule has 0 saturated carbocycles. The van der Waals surface area contributed by atoms with Crippen molar-refractivity contribution in [1.82, 2.24) is 10.2 Å². The predicted octanol–water partition coefficient (Wildman–Crippen LogP) is 3.13. The molecule has 0 radical (unpaired) electrons. The van der Waals surface area contributed by atoms with E-state index in [9.17, 15) is 9.18 Å². The minimum Gasteiger partial charge on any atom is -0.349 e. The number of nitrogens with one attached hydrogen (secondary N) is 1. The summed E-state index contributed by atoms with van der Waals surface area (Å²) in [6.45, 7) is 10.3. The van der Waals surface area contributed by atoms with Gasteiger partial charge in [0.2, 0.25) is 0 Å². The molecule has 0 bridgehead atoms. The average molecular weight is 292 g/mol. The van der Waals surface area contributed by atoms with Gasteiger partial charge in [-0.2, -0.15) is 0 Å². The van der Waals surface area contributed by atoms with E-state index in [2.05, 4.69) is 31.0 Å². The van der Waals surface area contributed by atoms with Crippen LogP contribution in [0.4, 0.5) is 4.39 Å². The highest BCUT2D eigenvalue weighted by atomic mass is 19.1. The number of likely N-dealkylation sites (tertiary alicyclic amines) is 1. The quantitative estimate of drug-likeness (QED) is 0.908. The Morgan fingerprint density at radius 2 is 1.90 bits per heavy atom. The normalized spacial score (nSPS) is 17.8. The molecule has 0 aliphatic carbocycles. The Balaban J connectivity index is 1.93. The summed E-state index contributed by atoms with van der Waals surface area (Å²) in [6, 6.07) is 4.86. The minimum absolute atomic E-state index is 0.136. The van der Waals surface area contributed by atoms with Crippen LogP contribution in [0.5, 0.6) is 0 Å². The molecule has 0 spiro atoms. The van der Waals surface area contributed by atoms with Gasteiger partial charge in [0.05, 0.1) is 5.56 Å². The first kappa shape index (κ1) is 16.0. The number of carbonyl (C=O) groups is 1. The van der Waals surface area contributed by atoms with Crippen LogP contribution in [-0.2, 0) is 0 Å². The van der Waals surface area contributed by atoms with Crippen molar-refractivity contribution in [3.8, 4) is 0 Å². The van der Waals surface area contributed by atoms with Crippen molar-refractivity contribution in [3.05, 3.63) is 35.1 Å². The molecule has 116 valence electrons. The van der Waals surface area contributed by atoms with Crippen LogP contribution in [0, 0.1) is 12.7 Å². The number of benzene rings is 1. The smallest absolute Gasteiger partial charge is 0.254 e. The third-order valence-corrected chi connectivity index (χ3v) is 4.15. The molecule has 2 rings (SSSR count). The van der Waals surface area contributed by atoms with Crippen LogP contribution < -0.4 is 5.32 Å². The predicted molar refractivity (Wildman–Crippen MR) is 83.0 cm³/mol. The molecule has 21 heavy (non-hydrogen) atoms. The van der Waals surface area contributed by atoms with Crippen LogP contribution in [0.15, 0.2) is 18.2 Å². The number of nitrogens with zero attached hydrogens (tertiary/aromatic N) is 1. The summed E-state index contributed by atoms with van der Waals surface area (Å²) in [5.74, 6) is -0.749. The number of aryl methyl sites for hydroxylation is 1. The lowest BCUT2D eigenvalue weighted by Crippen LogP contribution is -2.50. The lowest BCUT2D eigenvalue weighted by molar-refractivity contribution is 0.0810. The molecule has 1 amide bonds. The van der Waals surface area contributed by atoms with E-state index < -0.39 is 5.82 Å². The topological polar surface area (TPSA) is 32.3 Å². The summed E-state index contributed by atoms with van der Waals surface area (Å²) in [5.41, 5.74) is 1.12. The van der Waals surface area contributed by atoms with Gasteiger partial charge in [0.15, 0.2) is 0 Å². The van der Waals surface area contributed by atoms with Gasteiger partial charge in [-0.05, 0) is 58.2 Å². The number of rotatable bonds is 2. The first-order valence-corrected chi connectivity index (χ1v) is 7.59. The number of halogens is 1. The van der Waals surface area contributed by atoms with Crippen molar-refractivity contribution in [2.45, 2.75) is 52.1 Å². The number of carbonyl (C=O) groups excluding carboxylic acids is 1. The highest BCUT2D eigenvalue weighted by Gasteiger charge is 2.28. The molecule has 0 aromatic heterocycles. The average Bonchev–Trinajstić information content (AvgIpc) is 2.38. The molecule has 1 fully saturated rings. The lowest BCUT2D eigenvalue weighted by atomic mass is 9.98. The largest absolute Gasteiger partial charge is 0.349 e. The highest BCUT2D eigenvalue weighted by molar-refractivity contribution is 5.94. The van der Waals surface area contributed by atoms with Crippen molar-refractivity contribution in [2.75, 3.05) is 13.1 Å². The van der Waals surface area contributed by atoms with Gasteiger partial charge in [-0.1, -0.05) is 6.07 Å². The third kappa shape index (κ3) is 4.03. The van der Waals surface area contributed by atoms with E-state index >= 15 is 0 Å². The second-order valence-electron chi connectivity index (χ2n) is 6.89. The van der Waals surface area contributed by atoms with Crippen LogP contribution in [0.2, 0.25) is 0 Å². The summed E-state index contributed by atoms with van der Waals surface area (Å²) in [4.78, 5) is 14.6. The van der Waals surface area contributed by atoms with Crippen molar-refractivity contribution in [2.24, 2.45) is 0 Å². The lowest BCUT2D eigenvalue weighted by Gasteiger charge is -2.41. The van der Waals surface area contributed by atoms with E-state index in [1.165, 1.54) is 6.07 Å². The zero-order valence-corrected chi connectivity index (χ0v) is 13.4. The molecular formula is C17H25FN2O. The molecule has 1 aliphatic heterocycles. The molecular weight excluding hydrogens is 267 g/mol. The highest BCUT2D eigenvalue weighted by Crippen LogP contribution is 2.20. The Kier molecular flexibility index (Phi) is 4.67. The summed E-state index contributed by atoms with van der Waals surface area (Å²) < 4.78 is 13.8. The van der Waals surface area contributed by atoms with Gasteiger partial charge in [-0.15, -0.1) is 0 Å². The molecule has 1 aliphatic rings. The Hall–Kier alpha value is -1.42. The van der Waals surface area contributed by atoms with Crippen molar-refractivity contribution >= 4 is 5.91 Å². The summed E-state index contributed by atoms with van der Waals surface area (Å²) in [7, 11) is 0. The maximum Gasteiger partial charge on any atom is 0.254 e. The Labute approximate surface area is 126 Å². The molecule has 3 nitrogen and oxygen atoms in total. The standard InChI is InChI=1S/C17H25FN2O/c1-12-5-6-14(15(18)11-12)16(21)19-13-7-9-20(10-8-13)17(2,3)4/h5-6,11,13H,7-10H2,1-4H3,(H,19,21). The van der Waals surface area contributed by atoms with Gasteiger partial charge in [-0.25, -0.2) is 4.39 Å². The zero-order valence-electron chi connectivity index (χ0n) is 13.4. The fraction of sp³-hybridized carbons (Fsp3) is 0.588. The maximum atomic E-state index is 13.8. The first-order valence-electron chi connectivity index (χ1n) is 7.59. The minimum atomic E-state index is -0.445. The van der Waals surface area contributed by atoms with E-state index in [1.807, 2.05) is 6.92 Å². The maximum absolute atomic E-state index is 13.8. The Morgan fingerprint density at radius 1 is 1.29 bits per heavy atom. The van der Waals surface area contributed by atoms with E-state index in [1.54, 1.807) is 12.1 Å². The molecule has 4 heteroatoms. The zero-order chi connectivity index (χ0) is 15.6. The molecule has 1 aromatic carbocycles. The number of hydrogen-bond acceptors (Lipinski definition) is 2. The van der Waals surface area contributed by atoms with Crippen LogP contribution in [0.3, 0.4) is 0 Å². The van der Waals surface area contributed by atoms with Gasteiger partial charge in [0.25, 0.3) is 5.91 Å². The van der Waals surface area contributed by atoms with Crippen LogP contribution >= 0.6 is 0 Å².